The van der Waals surface area contributed by atoms with Gasteiger partial charge in [-0.25, -0.2) is 0 Å². The van der Waals surface area contributed by atoms with Crippen LogP contribution in [0.25, 0.3) is 0 Å². The number of hydrogen-bond donors (Lipinski definition) is 1. The zero-order chi connectivity index (χ0) is 14.5. The van der Waals surface area contributed by atoms with Gasteiger partial charge in [-0.3, -0.25) is 0 Å². The highest BCUT2D eigenvalue weighted by molar-refractivity contribution is 6.30. The Hall–Kier alpha value is -1.46. The molecule has 0 bridgehead atoms. The highest BCUT2D eigenvalue weighted by atomic mass is 35.5. The fourth-order valence-corrected chi connectivity index (χ4v) is 2.37. The molecule has 1 aromatic heterocycles. The summed E-state index contributed by atoms with van der Waals surface area (Å²) in [6, 6.07) is 6.12. The average Bonchev–Trinajstić information content (AvgIpc) is 2.83. The minimum atomic E-state index is 0.151. The molecule has 1 N–H and O–H groups in total. The van der Waals surface area contributed by atoms with Gasteiger partial charge in [0.2, 0.25) is 0 Å². The Morgan fingerprint density at radius 2 is 2.20 bits per heavy atom. The van der Waals surface area contributed by atoms with Gasteiger partial charge in [0.25, 0.3) is 0 Å². The van der Waals surface area contributed by atoms with Crippen molar-refractivity contribution >= 4 is 11.6 Å². The summed E-state index contributed by atoms with van der Waals surface area (Å²) < 4.78 is 0. The molecular weight excluding hydrogens is 274 g/mol. The Morgan fingerprint density at radius 1 is 1.40 bits per heavy atom. The molecule has 0 spiro atoms. The molecule has 0 saturated carbocycles. The molecule has 1 heterocycles. The first-order valence-electron chi connectivity index (χ1n) is 6.82. The van der Waals surface area contributed by atoms with Crippen LogP contribution in [0.4, 0.5) is 0 Å². The minimum Gasteiger partial charge on any atom is -0.310 e. The third kappa shape index (κ3) is 3.77. The zero-order valence-electron chi connectivity index (χ0n) is 12.1. The van der Waals surface area contributed by atoms with Crippen LogP contribution in [0, 0.1) is 6.92 Å². The van der Waals surface area contributed by atoms with Crippen LogP contribution in [-0.4, -0.2) is 26.8 Å². The van der Waals surface area contributed by atoms with Crippen molar-refractivity contribution < 1.29 is 0 Å². The van der Waals surface area contributed by atoms with Crippen molar-refractivity contribution in [1.82, 2.24) is 25.5 Å². The lowest BCUT2D eigenvalue weighted by molar-refractivity contribution is 0.515. The molecule has 1 aromatic carbocycles. The van der Waals surface area contributed by atoms with Gasteiger partial charge in [-0.05, 0) is 48.4 Å². The molecule has 0 aliphatic heterocycles. The van der Waals surface area contributed by atoms with E-state index in [4.69, 9.17) is 11.6 Å². The third-order valence-corrected chi connectivity index (χ3v) is 3.43. The van der Waals surface area contributed by atoms with Gasteiger partial charge < -0.3 is 5.32 Å². The molecular formula is C14H20ClN5. The predicted molar refractivity (Wildman–Crippen MR) is 79.7 cm³/mol. The molecule has 0 aliphatic carbocycles. The van der Waals surface area contributed by atoms with Gasteiger partial charge in [0.05, 0.1) is 7.05 Å². The van der Waals surface area contributed by atoms with E-state index in [0.717, 1.165) is 23.8 Å². The summed E-state index contributed by atoms with van der Waals surface area (Å²) >= 11 is 6.13. The highest BCUT2D eigenvalue weighted by Crippen LogP contribution is 2.24. The lowest BCUT2D eigenvalue weighted by atomic mass is 9.98. The monoisotopic (exact) mass is 293 g/mol. The quantitative estimate of drug-likeness (QED) is 0.889. The van der Waals surface area contributed by atoms with Gasteiger partial charge in [-0.15, -0.1) is 10.2 Å². The van der Waals surface area contributed by atoms with Crippen LogP contribution >= 0.6 is 11.6 Å². The smallest absolute Gasteiger partial charge is 0.176 e. The van der Waals surface area contributed by atoms with Crippen molar-refractivity contribution in [3.05, 3.63) is 40.2 Å². The minimum absolute atomic E-state index is 0.151. The molecule has 2 aromatic rings. The largest absolute Gasteiger partial charge is 0.310 e. The number of rotatable bonds is 6. The van der Waals surface area contributed by atoms with E-state index in [1.54, 1.807) is 7.05 Å². The van der Waals surface area contributed by atoms with E-state index < -0.39 is 0 Å². The Morgan fingerprint density at radius 3 is 2.85 bits per heavy atom. The van der Waals surface area contributed by atoms with E-state index in [9.17, 15) is 0 Å². The summed E-state index contributed by atoms with van der Waals surface area (Å²) in [6.45, 7) is 5.18. The predicted octanol–water partition coefficient (Wildman–Crippen LogP) is 2.46. The van der Waals surface area contributed by atoms with Gasteiger partial charge in [0.1, 0.15) is 0 Å². The fourth-order valence-electron chi connectivity index (χ4n) is 2.19. The Balaban J connectivity index is 2.24. The summed E-state index contributed by atoms with van der Waals surface area (Å²) in [7, 11) is 1.77. The van der Waals surface area contributed by atoms with Crippen LogP contribution in [0.1, 0.15) is 36.3 Å². The molecule has 0 amide bonds. The van der Waals surface area contributed by atoms with Crippen LogP contribution in [0.5, 0.6) is 0 Å². The normalized spacial score (nSPS) is 12.6. The average molecular weight is 294 g/mol. The molecule has 1 atom stereocenters. The molecule has 2 rings (SSSR count). The highest BCUT2D eigenvalue weighted by Gasteiger charge is 2.17. The second-order valence-corrected chi connectivity index (χ2v) is 5.34. The maximum atomic E-state index is 6.13. The van der Waals surface area contributed by atoms with E-state index in [1.165, 1.54) is 15.9 Å². The van der Waals surface area contributed by atoms with Gasteiger partial charge in [-0.2, -0.15) is 4.80 Å². The molecule has 20 heavy (non-hydrogen) atoms. The van der Waals surface area contributed by atoms with E-state index in [1.807, 2.05) is 18.2 Å². The number of halogens is 1. The number of hydrogen-bond acceptors (Lipinski definition) is 4. The van der Waals surface area contributed by atoms with Crippen molar-refractivity contribution in [2.24, 2.45) is 7.05 Å². The summed E-state index contributed by atoms with van der Waals surface area (Å²) in [5, 5.41) is 16.5. The first-order valence-corrected chi connectivity index (χ1v) is 7.20. The molecule has 0 aliphatic rings. The number of nitrogens with one attached hydrogen (secondary N) is 1. The first kappa shape index (κ1) is 14.9. The SMILES string of the molecule is CCCNC(Cc1nnn(C)n1)c1cc(Cl)ccc1C. The Bertz CT molecular complexity index is 566. The summed E-state index contributed by atoms with van der Waals surface area (Å²) in [4.78, 5) is 1.48. The molecule has 108 valence electrons. The lowest BCUT2D eigenvalue weighted by Gasteiger charge is -2.20. The Kier molecular flexibility index (Phi) is 5.09. The fraction of sp³-hybridized carbons (Fsp3) is 0.500. The van der Waals surface area contributed by atoms with E-state index in [0.29, 0.717) is 6.42 Å². The van der Waals surface area contributed by atoms with Crippen LogP contribution in [-0.2, 0) is 13.5 Å². The van der Waals surface area contributed by atoms with Crippen molar-refractivity contribution in [3.63, 3.8) is 0 Å². The molecule has 0 radical (unpaired) electrons. The summed E-state index contributed by atoms with van der Waals surface area (Å²) in [5.74, 6) is 0.737. The standard InChI is InChI=1S/C14H20ClN5/c1-4-7-16-13(9-14-17-19-20(3)18-14)12-8-11(15)6-5-10(12)2/h5-6,8,13,16H,4,7,9H2,1-3H3. The van der Waals surface area contributed by atoms with E-state index in [-0.39, 0.29) is 6.04 Å². The number of aryl methyl sites for hydroxylation is 2. The lowest BCUT2D eigenvalue weighted by Crippen LogP contribution is -2.25. The van der Waals surface area contributed by atoms with Crippen LogP contribution in [0.2, 0.25) is 5.02 Å². The molecule has 5 nitrogen and oxygen atoms in total. The molecule has 0 fully saturated rings. The second-order valence-electron chi connectivity index (χ2n) is 4.91. The first-order chi connectivity index (χ1) is 9.60. The summed E-state index contributed by atoms with van der Waals surface area (Å²) in [5.41, 5.74) is 2.41. The number of benzene rings is 1. The van der Waals surface area contributed by atoms with Gasteiger partial charge in [0, 0.05) is 17.5 Å². The van der Waals surface area contributed by atoms with Crippen molar-refractivity contribution in [2.75, 3.05) is 6.54 Å². The van der Waals surface area contributed by atoms with Crippen LogP contribution in [0.15, 0.2) is 18.2 Å². The van der Waals surface area contributed by atoms with Crippen molar-refractivity contribution in [2.45, 2.75) is 32.7 Å². The third-order valence-electron chi connectivity index (χ3n) is 3.19. The van der Waals surface area contributed by atoms with Gasteiger partial charge in [-0.1, -0.05) is 24.6 Å². The van der Waals surface area contributed by atoms with Gasteiger partial charge >= 0.3 is 0 Å². The molecule has 6 heteroatoms. The second kappa shape index (κ2) is 6.81. The topological polar surface area (TPSA) is 55.6 Å². The summed E-state index contributed by atoms with van der Waals surface area (Å²) in [6.07, 6.45) is 1.78. The molecule has 1 unspecified atom stereocenters. The van der Waals surface area contributed by atoms with Crippen LogP contribution < -0.4 is 5.32 Å². The van der Waals surface area contributed by atoms with E-state index in [2.05, 4.69) is 34.6 Å². The van der Waals surface area contributed by atoms with Gasteiger partial charge in [0.15, 0.2) is 5.82 Å². The number of aromatic nitrogens is 4. The van der Waals surface area contributed by atoms with Crippen LogP contribution in [0.3, 0.4) is 0 Å². The Labute approximate surface area is 124 Å². The zero-order valence-corrected chi connectivity index (χ0v) is 12.9. The van der Waals surface area contributed by atoms with Crippen molar-refractivity contribution in [3.8, 4) is 0 Å². The van der Waals surface area contributed by atoms with Crippen molar-refractivity contribution in [1.29, 1.82) is 0 Å². The number of tetrazole rings is 1. The maximum absolute atomic E-state index is 6.13. The molecule has 0 saturated heterocycles. The van der Waals surface area contributed by atoms with E-state index >= 15 is 0 Å². The maximum Gasteiger partial charge on any atom is 0.176 e. The number of nitrogens with zero attached hydrogens (tertiary/aromatic N) is 4.